The highest BCUT2D eigenvalue weighted by atomic mass is 79.9. The quantitative estimate of drug-likeness (QED) is 0.806. The maximum Gasteiger partial charge on any atom is 0.338 e. The summed E-state index contributed by atoms with van der Waals surface area (Å²) in [6, 6.07) is 4.87. The number of carbonyl (C=O) groups is 2. The van der Waals surface area contributed by atoms with Crippen LogP contribution in [0, 0.1) is 6.92 Å². The Morgan fingerprint density at radius 2 is 2.00 bits per heavy atom. The van der Waals surface area contributed by atoms with Gasteiger partial charge in [0, 0.05) is 10.2 Å². The van der Waals surface area contributed by atoms with Crippen molar-refractivity contribution < 1.29 is 14.3 Å². The van der Waals surface area contributed by atoms with Crippen molar-refractivity contribution in [1.82, 2.24) is 10.6 Å². The second-order valence-corrected chi connectivity index (χ2v) is 6.39. The van der Waals surface area contributed by atoms with E-state index in [1.54, 1.807) is 20.8 Å². The first-order valence-corrected chi connectivity index (χ1v) is 7.84. The molecule has 118 valence electrons. The van der Waals surface area contributed by atoms with Gasteiger partial charge in [-0.15, -0.1) is 0 Å². The first-order chi connectivity index (χ1) is 10.3. The van der Waals surface area contributed by atoms with Crippen LogP contribution < -0.4 is 10.6 Å². The Kier molecular flexibility index (Phi) is 4.90. The molecule has 1 heterocycles. The zero-order valence-electron chi connectivity index (χ0n) is 13.0. The van der Waals surface area contributed by atoms with Gasteiger partial charge in [0.1, 0.15) is 0 Å². The fourth-order valence-electron chi connectivity index (χ4n) is 2.28. The van der Waals surface area contributed by atoms with Crippen molar-refractivity contribution in [2.24, 2.45) is 0 Å². The summed E-state index contributed by atoms with van der Waals surface area (Å²) in [5.41, 5.74) is 2.83. The number of hydrogen-bond donors (Lipinski definition) is 2. The summed E-state index contributed by atoms with van der Waals surface area (Å²) in [5.74, 6) is -0.429. The molecule has 1 aromatic rings. The predicted molar refractivity (Wildman–Crippen MR) is 87.2 cm³/mol. The lowest BCUT2D eigenvalue weighted by Crippen LogP contribution is -2.45. The van der Waals surface area contributed by atoms with Crippen molar-refractivity contribution in [2.75, 3.05) is 0 Å². The van der Waals surface area contributed by atoms with Crippen molar-refractivity contribution in [3.63, 3.8) is 0 Å². The van der Waals surface area contributed by atoms with Crippen LogP contribution in [0.5, 0.6) is 0 Å². The fraction of sp³-hybridized carbons (Fsp3) is 0.375. The van der Waals surface area contributed by atoms with Gasteiger partial charge < -0.3 is 15.4 Å². The smallest absolute Gasteiger partial charge is 0.338 e. The van der Waals surface area contributed by atoms with Crippen LogP contribution in [0.3, 0.4) is 0 Å². The van der Waals surface area contributed by atoms with Crippen molar-refractivity contribution in [3.8, 4) is 0 Å². The molecule has 1 aliphatic heterocycles. The Balaban J connectivity index is 2.45. The first-order valence-electron chi connectivity index (χ1n) is 7.05. The van der Waals surface area contributed by atoms with E-state index in [1.807, 2.05) is 25.1 Å². The van der Waals surface area contributed by atoms with E-state index in [0.717, 1.165) is 15.6 Å². The van der Waals surface area contributed by atoms with Gasteiger partial charge in [-0.2, -0.15) is 0 Å². The number of ether oxygens (including phenoxy) is 1. The molecule has 0 bridgehead atoms. The molecule has 1 atom stereocenters. The summed E-state index contributed by atoms with van der Waals surface area (Å²) in [7, 11) is 0. The van der Waals surface area contributed by atoms with Crippen molar-refractivity contribution >= 4 is 27.9 Å². The average molecular weight is 367 g/mol. The molecule has 22 heavy (non-hydrogen) atoms. The molecule has 5 nitrogen and oxygen atoms in total. The Labute approximate surface area is 138 Å². The SMILES string of the molecule is CC1=C(C(=O)OC(C)C)[C@@H](c2ccc(C)c(Br)c2)NC(=O)N1. The topological polar surface area (TPSA) is 67.4 Å². The van der Waals surface area contributed by atoms with E-state index in [1.165, 1.54) is 0 Å². The highest BCUT2D eigenvalue weighted by Gasteiger charge is 2.32. The summed E-state index contributed by atoms with van der Waals surface area (Å²) in [5, 5.41) is 5.41. The van der Waals surface area contributed by atoms with Crippen molar-refractivity contribution in [1.29, 1.82) is 0 Å². The Morgan fingerprint density at radius 3 is 2.59 bits per heavy atom. The number of urea groups is 1. The van der Waals surface area contributed by atoms with Crippen LogP contribution >= 0.6 is 15.9 Å². The normalized spacial score (nSPS) is 18.1. The zero-order valence-corrected chi connectivity index (χ0v) is 14.6. The lowest BCUT2D eigenvalue weighted by atomic mass is 9.95. The molecule has 0 aliphatic carbocycles. The summed E-state index contributed by atoms with van der Waals surface area (Å²) in [6.07, 6.45) is -0.226. The van der Waals surface area contributed by atoms with E-state index in [0.29, 0.717) is 11.3 Å². The molecular formula is C16H19BrN2O3. The number of amides is 2. The standard InChI is InChI=1S/C16H19BrN2O3/c1-8(2)22-15(20)13-10(4)18-16(21)19-14(13)11-6-5-9(3)12(17)7-11/h5-8,14H,1-4H3,(H2,18,19,21)/t14-/m1/s1. The first kappa shape index (κ1) is 16.5. The number of rotatable bonds is 3. The van der Waals surface area contributed by atoms with Crippen LogP contribution in [0.1, 0.15) is 37.9 Å². The van der Waals surface area contributed by atoms with Crippen LogP contribution in [0.2, 0.25) is 0 Å². The molecule has 2 N–H and O–H groups in total. The van der Waals surface area contributed by atoms with Crippen LogP contribution in [0.4, 0.5) is 4.79 Å². The van der Waals surface area contributed by atoms with E-state index < -0.39 is 12.0 Å². The van der Waals surface area contributed by atoms with Gasteiger partial charge in [0.2, 0.25) is 0 Å². The number of nitrogens with one attached hydrogen (secondary N) is 2. The van der Waals surface area contributed by atoms with Crippen LogP contribution in [-0.2, 0) is 9.53 Å². The number of esters is 1. The predicted octanol–water partition coefficient (Wildman–Crippen LogP) is 3.34. The Bertz CT molecular complexity index is 653. The van der Waals surface area contributed by atoms with E-state index in [4.69, 9.17) is 4.74 Å². The average Bonchev–Trinajstić information content (AvgIpc) is 2.39. The van der Waals surface area contributed by atoms with E-state index in [9.17, 15) is 9.59 Å². The highest BCUT2D eigenvalue weighted by molar-refractivity contribution is 9.10. The van der Waals surface area contributed by atoms with E-state index in [-0.39, 0.29) is 12.1 Å². The molecule has 2 rings (SSSR count). The number of benzene rings is 1. The molecule has 6 heteroatoms. The molecule has 2 amide bonds. The molecule has 0 saturated heterocycles. The maximum atomic E-state index is 12.4. The summed E-state index contributed by atoms with van der Waals surface area (Å²) < 4.78 is 6.22. The van der Waals surface area contributed by atoms with Crippen LogP contribution in [0.25, 0.3) is 0 Å². The zero-order chi connectivity index (χ0) is 16.4. The third-order valence-corrected chi connectivity index (χ3v) is 4.22. The van der Waals surface area contributed by atoms with Crippen molar-refractivity contribution in [2.45, 2.75) is 39.8 Å². The highest BCUT2D eigenvalue weighted by Crippen LogP contribution is 2.30. The second-order valence-electron chi connectivity index (χ2n) is 5.53. The third-order valence-electron chi connectivity index (χ3n) is 3.36. The molecule has 0 aromatic heterocycles. The number of carbonyl (C=O) groups excluding carboxylic acids is 2. The van der Waals surface area contributed by atoms with Gasteiger partial charge in [-0.25, -0.2) is 9.59 Å². The van der Waals surface area contributed by atoms with E-state index >= 15 is 0 Å². The van der Waals surface area contributed by atoms with Gasteiger partial charge in [0.25, 0.3) is 0 Å². The molecular weight excluding hydrogens is 348 g/mol. The second kappa shape index (κ2) is 6.52. The maximum absolute atomic E-state index is 12.4. The molecule has 0 spiro atoms. The minimum Gasteiger partial charge on any atom is -0.459 e. The Hall–Kier alpha value is -1.82. The van der Waals surface area contributed by atoms with E-state index in [2.05, 4.69) is 26.6 Å². The van der Waals surface area contributed by atoms with Gasteiger partial charge in [-0.05, 0) is 44.9 Å². The van der Waals surface area contributed by atoms with Gasteiger partial charge in [-0.1, -0.05) is 28.1 Å². The molecule has 0 saturated carbocycles. The lowest BCUT2D eigenvalue weighted by molar-refractivity contribution is -0.143. The minimum atomic E-state index is -0.531. The third kappa shape index (κ3) is 3.50. The molecule has 0 radical (unpaired) electrons. The summed E-state index contributed by atoms with van der Waals surface area (Å²) in [4.78, 5) is 24.2. The number of halogens is 1. The largest absolute Gasteiger partial charge is 0.459 e. The van der Waals surface area contributed by atoms with Crippen LogP contribution in [0.15, 0.2) is 33.9 Å². The van der Waals surface area contributed by atoms with Gasteiger partial charge in [-0.3, -0.25) is 0 Å². The molecule has 0 fully saturated rings. The summed E-state index contributed by atoms with van der Waals surface area (Å²) >= 11 is 3.48. The van der Waals surface area contributed by atoms with Crippen LogP contribution in [-0.4, -0.2) is 18.1 Å². The number of hydrogen-bond acceptors (Lipinski definition) is 3. The lowest BCUT2D eigenvalue weighted by Gasteiger charge is -2.28. The number of allylic oxidation sites excluding steroid dienone is 1. The van der Waals surface area contributed by atoms with Gasteiger partial charge in [0.05, 0.1) is 17.7 Å². The monoisotopic (exact) mass is 366 g/mol. The minimum absolute atomic E-state index is 0.226. The molecule has 0 unspecified atom stereocenters. The van der Waals surface area contributed by atoms with Crippen molar-refractivity contribution in [3.05, 3.63) is 45.1 Å². The van der Waals surface area contributed by atoms with Gasteiger partial charge >= 0.3 is 12.0 Å². The number of aryl methyl sites for hydroxylation is 1. The Morgan fingerprint density at radius 1 is 1.32 bits per heavy atom. The molecule has 1 aromatic carbocycles. The summed E-state index contributed by atoms with van der Waals surface area (Å²) in [6.45, 7) is 7.26. The molecule has 1 aliphatic rings. The fourth-order valence-corrected chi connectivity index (χ4v) is 2.68. The van der Waals surface area contributed by atoms with Gasteiger partial charge in [0.15, 0.2) is 0 Å².